The van der Waals surface area contributed by atoms with E-state index in [1.807, 2.05) is 38.1 Å². The quantitative estimate of drug-likeness (QED) is 0.809. The van der Waals surface area contributed by atoms with Crippen LogP contribution in [-0.2, 0) is 6.42 Å². The first kappa shape index (κ1) is 12.3. The van der Waals surface area contributed by atoms with Crippen LogP contribution in [0.1, 0.15) is 32.4 Å². The molecule has 0 radical (unpaired) electrons. The van der Waals surface area contributed by atoms with Crippen molar-refractivity contribution in [1.29, 1.82) is 0 Å². The zero-order chi connectivity index (χ0) is 13.2. The predicted octanol–water partition coefficient (Wildman–Crippen LogP) is 4.08. The van der Waals surface area contributed by atoms with E-state index in [4.69, 9.17) is 9.15 Å². The standard InChI is InChI=1S/C16H19NO2/c1-11(2)19-14-5-3-4-13(9-14)16-15(17-10-18-16)8-12-6-7-12/h3-5,9-12H,6-8H2,1-2H3. The highest BCUT2D eigenvalue weighted by molar-refractivity contribution is 5.61. The molecule has 19 heavy (non-hydrogen) atoms. The van der Waals surface area contributed by atoms with E-state index < -0.39 is 0 Å². The van der Waals surface area contributed by atoms with Gasteiger partial charge in [0.1, 0.15) is 5.75 Å². The van der Waals surface area contributed by atoms with E-state index in [1.54, 1.807) is 6.39 Å². The maximum absolute atomic E-state index is 5.72. The summed E-state index contributed by atoms with van der Waals surface area (Å²) >= 11 is 0. The van der Waals surface area contributed by atoms with Gasteiger partial charge in [-0.05, 0) is 51.2 Å². The molecule has 1 aromatic carbocycles. The summed E-state index contributed by atoms with van der Waals surface area (Å²) in [4.78, 5) is 4.36. The molecule has 0 atom stereocenters. The third-order valence-corrected chi connectivity index (χ3v) is 3.29. The lowest BCUT2D eigenvalue weighted by atomic mass is 10.1. The molecule has 1 aliphatic rings. The molecule has 1 heterocycles. The average Bonchev–Trinajstić information content (AvgIpc) is 3.05. The van der Waals surface area contributed by atoms with Gasteiger partial charge in [-0.25, -0.2) is 4.98 Å². The fraction of sp³-hybridized carbons (Fsp3) is 0.438. The maximum Gasteiger partial charge on any atom is 0.181 e. The van der Waals surface area contributed by atoms with Crippen molar-refractivity contribution in [2.24, 2.45) is 5.92 Å². The second kappa shape index (κ2) is 5.08. The average molecular weight is 257 g/mol. The Morgan fingerprint density at radius 2 is 2.21 bits per heavy atom. The summed E-state index contributed by atoms with van der Waals surface area (Å²) < 4.78 is 11.3. The number of ether oxygens (including phenoxy) is 1. The van der Waals surface area contributed by atoms with Crippen LogP contribution >= 0.6 is 0 Å². The molecule has 3 rings (SSSR count). The minimum atomic E-state index is 0.177. The monoisotopic (exact) mass is 257 g/mol. The van der Waals surface area contributed by atoms with Crippen molar-refractivity contribution in [3.8, 4) is 17.1 Å². The van der Waals surface area contributed by atoms with Crippen LogP contribution in [0.4, 0.5) is 0 Å². The van der Waals surface area contributed by atoms with Crippen LogP contribution in [-0.4, -0.2) is 11.1 Å². The highest BCUT2D eigenvalue weighted by atomic mass is 16.5. The lowest BCUT2D eigenvalue weighted by Gasteiger charge is -2.10. The molecule has 0 amide bonds. The molecular weight excluding hydrogens is 238 g/mol. The number of rotatable bonds is 5. The van der Waals surface area contributed by atoms with E-state index in [1.165, 1.54) is 12.8 Å². The van der Waals surface area contributed by atoms with Crippen LogP contribution in [0.5, 0.6) is 5.75 Å². The first-order chi connectivity index (χ1) is 9.22. The van der Waals surface area contributed by atoms with Gasteiger partial charge in [-0.15, -0.1) is 0 Å². The molecule has 3 nitrogen and oxygen atoms in total. The van der Waals surface area contributed by atoms with Gasteiger partial charge in [-0.3, -0.25) is 0 Å². The second-order valence-corrected chi connectivity index (χ2v) is 5.47. The van der Waals surface area contributed by atoms with Crippen molar-refractivity contribution in [2.75, 3.05) is 0 Å². The Hall–Kier alpha value is -1.77. The van der Waals surface area contributed by atoms with E-state index >= 15 is 0 Å². The molecule has 1 aliphatic carbocycles. The molecule has 1 fully saturated rings. The number of oxazole rings is 1. The fourth-order valence-corrected chi connectivity index (χ4v) is 2.23. The summed E-state index contributed by atoms with van der Waals surface area (Å²) in [6.07, 6.45) is 5.39. The largest absolute Gasteiger partial charge is 0.491 e. The summed E-state index contributed by atoms with van der Waals surface area (Å²) in [5.41, 5.74) is 2.12. The SMILES string of the molecule is CC(C)Oc1cccc(-c2ocnc2CC2CC2)c1. The molecule has 100 valence electrons. The van der Waals surface area contributed by atoms with Crippen molar-refractivity contribution < 1.29 is 9.15 Å². The minimum Gasteiger partial charge on any atom is -0.491 e. The zero-order valence-electron chi connectivity index (χ0n) is 11.4. The Bertz CT molecular complexity index is 555. The van der Waals surface area contributed by atoms with Crippen molar-refractivity contribution >= 4 is 0 Å². The van der Waals surface area contributed by atoms with Crippen LogP contribution < -0.4 is 4.74 Å². The van der Waals surface area contributed by atoms with Gasteiger partial charge in [0.05, 0.1) is 11.8 Å². The van der Waals surface area contributed by atoms with Gasteiger partial charge in [-0.1, -0.05) is 12.1 Å². The number of benzene rings is 1. The van der Waals surface area contributed by atoms with E-state index in [-0.39, 0.29) is 6.10 Å². The van der Waals surface area contributed by atoms with E-state index in [9.17, 15) is 0 Å². The van der Waals surface area contributed by atoms with Crippen molar-refractivity contribution in [3.05, 3.63) is 36.4 Å². The van der Waals surface area contributed by atoms with Crippen LogP contribution in [0.2, 0.25) is 0 Å². The van der Waals surface area contributed by atoms with Crippen molar-refractivity contribution in [3.63, 3.8) is 0 Å². The van der Waals surface area contributed by atoms with Crippen LogP contribution in [0.15, 0.2) is 35.1 Å². The first-order valence-electron chi connectivity index (χ1n) is 6.92. The van der Waals surface area contributed by atoms with E-state index in [2.05, 4.69) is 4.98 Å². The topological polar surface area (TPSA) is 35.3 Å². The molecule has 0 bridgehead atoms. The molecule has 2 aromatic rings. The van der Waals surface area contributed by atoms with Gasteiger partial charge in [0.15, 0.2) is 12.2 Å². The van der Waals surface area contributed by atoms with E-state index in [0.717, 1.165) is 35.1 Å². The van der Waals surface area contributed by atoms with Gasteiger partial charge in [0.25, 0.3) is 0 Å². The Labute approximate surface area is 113 Å². The molecule has 1 aromatic heterocycles. The number of hydrogen-bond acceptors (Lipinski definition) is 3. The van der Waals surface area contributed by atoms with Crippen molar-refractivity contribution in [1.82, 2.24) is 4.98 Å². The summed E-state index contributed by atoms with van der Waals surface area (Å²) in [5.74, 6) is 2.57. The molecule has 1 saturated carbocycles. The normalized spacial score (nSPS) is 14.9. The third-order valence-electron chi connectivity index (χ3n) is 3.29. The predicted molar refractivity (Wildman–Crippen MR) is 74.1 cm³/mol. The maximum atomic E-state index is 5.72. The number of aromatic nitrogens is 1. The molecule has 0 aliphatic heterocycles. The Balaban J connectivity index is 1.86. The molecule has 0 N–H and O–H groups in total. The van der Waals surface area contributed by atoms with Gasteiger partial charge in [-0.2, -0.15) is 0 Å². The third kappa shape index (κ3) is 2.98. The highest BCUT2D eigenvalue weighted by Gasteiger charge is 2.25. The molecule has 0 saturated heterocycles. The highest BCUT2D eigenvalue weighted by Crippen LogP contribution is 2.35. The fourth-order valence-electron chi connectivity index (χ4n) is 2.23. The summed E-state index contributed by atoms with van der Waals surface area (Å²) in [6, 6.07) is 8.04. The Kier molecular flexibility index (Phi) is 3.28. The number of nitrogens with zero attached hydrogens (tertiary/aromatic N) is 1. The van der Waals surface area contributed by atoms with Gasteiger partial charge in [0.2, 0.25) is 0 Å². The van der Waals surface area contributed by atoms with Crippen LogP contribution in [0, 0.1) is 5.92 Å². The summed E-state index contributed by atoms with van der Waals surface area (Å²) in [7, 11) is 0. The Morgan fingerprint density at radius 3 is 2.95 bits per heavy atom. The summed E-state index contributed by atoms with van der Waals surface area (Å²) in [5, 5.41) is 0. The smallest absolute Gasteiger partial charge is 0.181 e. The first-order valence-corrected chi connectivity index (χ1v) is 6.92. The van der Waals surface area contributed by atoms with Gasteiger partial charge < -0.3 is 9.15 Å². The molecular formula is C16H19NO2. The Morgan fingerprint density at radius 1 is 1.37 bits per heavy atom. The lowest BCUT2D eigenvalue weighted by molar-refractivity contribution is 0.242. The van der Waals surface area contributed by atoms with Gasteiger partial charge >= 0.3 is 0 Å². The van der Waals surface area contributed by atoms with Crippen molar-refractivity contribution in [2.45, 2.75) is 39.2 Å². The van der Waals surface area contributed by atoms with E-state index in [0.29, 0.717) is 0 Å². The lowest BCUT2D eigenvalue weighted by Crippen LogP contribution is -2.05. The van der Waals surface area contributed by atoms with Crippen LogP contribution in [0.25, 0.3) is 11.3 Å². The molecule has 0 unspecified atom stereocenters. The molecule has 3 heteroatoms. The van der Waals surface area contributed by atoms with Gasteiger partial charge in [0, 0.05) is 5.56 Å². The zero-order valence-corrected chi connectivity index (χ0v) is 11.4. The summed E-state index contributed by atoms with van der Waals surface area (Å²) in [6.45, 7) is 4.05. The second-order valence-electron chi connectivity index (χ2n) is 5.47. The minimum absolute atomic E-state index is 0.177. The van der Waals surface area contributed by atoms with Crippen LogP contribution in [0.3, 0.4) is 0 Å². The molecule has 0 spiro atoms. The number of hydrogen-bond donors (Lipinski definition) is 0.